The number of carbonyl (C=O) groups excluding carboxylic acids is 1. The molecule has 0 radical (unpaired) electrons. The third kappa shape index (κ3) is 7.96. The zero-order valence-electron chi connectivity index (χ0n) is 10.3. The highest BCUT2D eigenvalue weighted by Gasteiger charge is 2.24. The number of ether oxygens (including phenoxy) is 1. The van der Waals surface area contributed by atoms with Gasteiger partial charge in [0.1, 0.15) is 0 Å². The van der Waals surface area contributed by atoms with Gasteiger partial charge in [0.05, 0.1) is 5.54 Å². The summed E-state index contributed by atoms with van der Waals surface area (Å²) in [6.45, 7) is 2.52. The van der Waals surface area contributed by atoms with Crippen molar-refractivity contribution in [1.29, 1.82) is 0 Å². The molecule has 4 nitrogen and oxygen atoms in total. The van der Waals surface area contributed by atoms with Gasteiger partial charge in [-0.2, -0.15) is 11.8 Å². The molecule has 0 fully saturated rings. The van der Waals surface area contributed by atoms with Gasteiger partial charge in [-0.05, 0) is 37.7 Å². The molecule has 0 aliphatic heterocycles. The van der Waals surface area contributed by atoms with E-state index < -0.39 is 11.4 Å². The van der Waals surface area contributed by atoms with Crippen LogP contribution in [0.2, 0.25) is 0 Å². The van der Waals surface area contributed by atoms with E-state index in [0.29, 0.717) is 6.42 Å². The number of amides is 1. The number of carbonyl (C=O) groups is 1. The summed E-state index contributed by atoms with van der Waals surface area (Å²) in [5.74, 6) is 1.82. The summed E-state index contributed by atoms with van der Waals surface area (Å²) in [5, 5.41) is 0. The molecule has 0 saturated carbocycles. The van der Waals surface area contributed by atoms with Crippen LogP contribution in [0.5, 0.6) is 0 Å². The van der Waals surface area contributed by atoms with Crippen LogP contribution in [0.15, 0.2) is 0 Å². The molecule has 1 unspecified atom stereocenters. The van der Waals surface area contributed by atoms with Crippen LogP contribution in [0.3, 0.4) is 0 Å². The molecule has 0 aromatic heterocycles. The van der Waals surface area contributed by atoms with E-state index in [2.05, 4.69) is 0 Å². The lowest BCUT2D eigenvalue weighted by Crippen LogP contribution is -2.49. The van der Waals surface area contributed by atoms with E-state index in [1.54, 1.807) is 14.0 Å². The van der Waals surface area contributed by atoms with E-state index in [0.717, 1.165) is 37.4 Å². The quantitative estimate of drug-likeness (QED) is 0.568. The fourth-order valence-corrected chi connectivity index (χ4v) is 2.16. The normalized spacial score (nSPS) is 14.7. The van der Waals surface area contributed by atoms with Crippen molar-refractivity contribution >= 4 is 17.7 Å². The first-order valence-corrected chi connectivity index (χ1v) is 6.81. The molecule has 4 N–H and O–H groups in total. The average Bonchev–Trinajstić information content (AvgIpc) is 2.21. The lowest BCUT2D eigenvalue weighted by molar-refractivity contribution is -0.122. The molecular formula is C11H24N2O2S. The van der Waals surface area contributed by atoms with E-state index in [4.69, 9.17) is 16.2 Å². The SMILES string of the molecule is COCCCSCCCCC(C)(N)C(N)=O. The molecule has 1 atom stereocenters. The smallest absolute Gasteiger partial charge is 0.237 e. The molecule has 0 aromatic carbocycles. The standard InChI is InChI=1S/C11H24N2O2S/c1-11(13,10(12)14)6-3-4-8-16-9-5-7-15-2/h3-9,13H2,1-2H3,(H2,12,14). The number of primary amides is 1. The Morgan fingerprint density at radius 1 is 1.31 bits per heavy atom. The number of hydrogen-bond donors (Lipinski definition) is 2. The van der Waals surface area contributed by atoms with Gasteiger partial charge in [0.25, 0.3) is 0 Å². The van der Waals surface area contributed by atoms with Crippen molar-refractivity contribution in [2.75, 3.05) is 25.2 Å². The Kier molecular flexibility index (Phi) is 8.70. The van der Waals surface area contributed by atoms with Gasteiger partial charge < -0.3 is 16.2 Å². The summed E-state index contributed by atoms with van der Waals surface area (Å²) in [6.07, 6.45) is 3.79. The van der Waals surface area contributed by atoms with Crippen molar-refractivity contribution in [3.8, 4) is 0 Å². The van der Waals surface area contributed by atoms with E-state index in [1.165, 1.54) is 0 Å². The van der Waals surface area contributed by atoms with Gasteiger partial charge in [0.15, 0.2) is 0 Å². The van der Waals surface area contributed by atoms with Gasteiger partial charge in [-0.1, -0.05) is 6.42 Å². The molecule has 1 amide bonds. The zero-order chi connectivity index (χ0) is 12.4. The average molecular weight is 248 g/mol. The minimum Gasteiger partial charge on any atom is -0.385 e. The van der Waals surface area contributed by atoms with Crippen molar-refractivity contribution in [2.24, 2.45) is 11.5 Å². The molecular weight excluding hydrogens is 224 g/mol. The van der Waals surface area contributed by atoms with Crippen LogP contribution in [-0.4, -0.2) is 36.7 Å². The van der Waals surface area contributed by atoms with Crippen LogP contribution in [0.25, 0.3) is 0 Å². The molecule has 96 valence electrons. The molecule has 5 heteroatoms. The largest absolute Gasteiger partial charge is 0.385 e. The van der Waals surface area contributed by atoms with Crippen molar-refractivity contribution in [2.45, 2.75) is 38.1 Å². The Morgan fingerprint density at radius 2 is 1.94 bits per heavy atom. The first-order chi connectivity index (χ1) is 7.50. The monoisotopic (exact) mass is 248 g/mol. The maximum absolute atomic E-state index is 10.9. The summed E-state index contributed by atoms with van der Waals surface area (Å²) in [4.78, 5) is 10.9. The van der Waals surface area contributed by atoms with Crippen molar-refractivity contribution in [1.82, 2.24) is 0 Å². The van der Waals surface area contributed by atoms with E-state index in [9.17, 15) is 4.79 Å². The number of unbranched alkanes of at least 4 members (excludes halogenated alkanes) is 1. The van der Waals surface area contributed by atoms with Crippen molar-refractivity contribution < 1.29 is 9.53 Å². The number of methoxy groups -OCH3 is 1. The first kappa shape index (κ1) is 15.7. The minimum atomic E-state index is -0.847. The van der Waals surface area contributed by atoms with Gasteiger partial charge in [0, 0.05) is 13.7 Å². The van der Waals surface area contributed by atoms with E-state index in [-0.39, 0.29) is 0 Å². The fourth-order valence-electron chi connectivity index (χ4n) is 1.23. The number of hydrogen-bond acceptors (Lipinski definition) is 4. The summed E-state index contributed by atoms with van der Waals surface area (Å²) in [5.41, 5.74) is 10.1. The van der Waals surface area contributed by atoms with Crippen LogP contribution in [0, 0.1) is 0 Å². The Bertz CT molecular complexity index is 198. The number of rotatable bonds is 10. The second-order valence-corrected chi connectivity index (χ2v) is 5.42. The third-order valence-electron chi connectivity index (χ3n) is 2.43. The molecule has 0 aliphatic carbocycles. The summed E-state index contributed by atoms with van der Waals surface area (Å²) >= 11 is 1.92. The van der Waals surface area contributed by atoms with Crippen LogP contribution in [0.4, 0.5) is 0 Å². The third-order valence-corrected chi connectivity index (χ3v) is 3.59. The summed E-state index contributed by atoms with van der Waals surface area (Å²) in [6, 6.07) is 0. The molecule has 0 heterocycles. The van der Waals surface area contributed by atoms with Gasteiger partial charge >= 0.3 is 0 Å². The molecule has 0 rings (SSSR count). The molecule has 0 aliphatic rings. The van der Waals surface area contributed by atoms with Crippen LogP contribution in [0.1, 0.15) is 32.6 Å². The summed E-state index contributed by atoms with van der Waals surface area (Å²) in [7, 11) is 1.72. The lowest BCUT2D eigenvalue weighted by Gasteiger charge is -2.19. The van der Waals surface area contributed by atoms with E-state index in [1.807, 2.05) is 11.8 Å². The van der Waals surface area contributed by atoms with Gasteiger partial charge in [-0.25, -0.2) is 0 Å². The lowest BCUT2D eigenvalue weighted by atomic mass is 9.96. The molecule has 0 bridgehead atoms. The molecule has 0 aromatic rings. The Hall–Kier alpha value is -0.260. The maximum atomic E-state index is 10.9. The Labute approximate surface area is 102 Å². The second kappa shape index (κ2) is 8.84. The van der Waals surface area contributed by atoms with Crippen LogP contribution >= 0.6 is 11.8 Å². The predicted molar refractivity (Wildman–Crippen MR) is 69.5 cm³/mol. The highest BCUT2D eigenvalue weighted by Crippen LogP contribution is 2.13. The second-order valence-electron chi connectivity index (χ2n) is 4.20. The van der Waals surface area contributed by atoms with Crippen LogP contribution in [-0.2, 0) is 9.53 Å². The van der Waals surface area contributed by atoms with E-state index >= 15 is 0 Å². The predicted octanol–water partition coefficient (Wildman–Crippen LogP) is 1.13. The van der Waals surface area contributed by atoms with Crippen molar-refractivity contribution in [3.05, 3.63) is 0 Å². The Morgan fingerprint density at radius 3 is 2.50 bits per heavy atom. The van der Waals surface area contributed by atoms with Crippen LogP contribution < -0.4 is 11.5 Å². The highest BCUT2D eigenvalue weighted by molar-refractivity contribution is 7.99. The zero-order valence-corrected chi connectivity index (χ0v) is 11.1. The highest BCUT2D eigenvalue weighted by atomic mass is 32.2. The van der Waals surface area contributed by atoms with Crippen molar-refractivity contribution in [3.63, 3.8) is 0 Å². The molecule has 0 saturated heterocycles. The first-order valence-electron chi connectivity index (χ1n) is 5.66. The summed E-state index contributed by atoms with van der Waals surface area (Å²) < 4.78 is 4.96. The molecule has 0 spiro atoms. The number of nitrogens with two attached hydrogens (primary N) is 2. The topological polar surface area (TPSA) is 78.3 Å². The fraction of sp³-hybridized carbons (Fsp3) is 0.909. The number of thioether (sulfide) groups is 1. The van der Waals surface area contributed by atoms with Gasteiger partial charge in [-0.15, -0.1) is 0 Å². The Balaban J connectivity index is 3.30. The van der Waals surface area contributed by atoms with Gasteiger partial charge in [0.2, 0.25) is 5.91 Å². The molecule has 16 heavy (non-hydrogen) atoms. The minimum absolute atomic E-state index is 0.416. The maximum Gasteiger partial charge on any atom is 0.237 e. The van der Waals surface area contributed by atoms with Gasteiger partial charge in [-0.3, -0.25) is 4.79 Å².